The highest BCUT2D eigenvalue weighted by Gasteiger charge is 2.19. The number of carbonyl (C=O) groups is 3. The molecule has 0 amide bonds. The van der Waals surface area contributed by atoms with Gasteiger partial charge in [-0.25, -0.2) is 0 Å². The van der Waals surface area contributed by atoms with E-state index in [1.807, 2.05) is 0 Å². The molecule has 0 saturated carbocycles. The topological polar surface area (TPSA) is 78.9 Å². The van der Waals surface area contributed by atoms with E-state index < -0.39 is 6.10 Å². The fourth-order valence-corrected chi connectivity index (χ4v) is 7.96. The van der Waals surface area contributed by atoms with E-state index >= 15 is 0 Å². The van der Waals surface area contributed by atoms with Crippen molar-refractivity contribution in [3.8, 4) is 0 Å². The lowest BCUT2D eigenvalue weighted by molar-refractivity contribution is -0.167. The Bertz CT molecular complexity index is 1200. The van der Waals surface area contributed by atoms with Crippen LogP contribution in [0.2, 0.25) is 0 Å². The van der Waals surface area contributed by atoms with Crippen molar-refractivity contribution in [1.29, 1.82) is 0 Å². The van der Waals surface area contributed by atoms with Crippen LogP contribution in [-0.4, -0.2) is 37.2 Å². The Kier molecular flexibility index (Phi) is 52.3. The van der Waals surface area contributed by atoms with E-state index in [4.69, 9.17) is 14.2 Å². The molecular weight excluding hydrogens is 817 g/mol. The summed E-state index contributed by atoms with van der Waals surface area (Å²) >= 11 is 0. The third-order valence-corrected chi connectivity index (χ3v) is 12.2. The van der Waals surface area contributed by atoms with Gasteiger partial charge in [0.15, 0.2) is 6.10 Å². The number of esters is 3. The first-order valence-electron chi connectivity index (χ1n) is 28.3. The first kappa shape index (κ1) is 63.1. The van der Waals surface area contributed by atoms with Gasteiger partial charge in [-0.3, -0.25) is 14.4 Å². The highest BCUT2D eigenvalue weighted by atomic mass is 16.6. The molecule has 0 fully saturated rings. The first-order chi connectivity index (χ1) is 32.5. The Morgan fingerprint density at radius 1 is 0.318 bits per heavy atom. The van der Waals surface area contributed by atoms with Crippen molar-refractivity contribution in [3.05, 3.63) is 60.8 Å². The van der Waals surface area contributed by atoms with Gasteiger partial charge in [-0.2, -0.15) is 0 Å². The third kappa shape index (κ3) is 52.1. The predicted octanol–water partition coefficient (Wildman–Crippen LogP) is 18.8. The van der Waals surface area contributed by atoms with Gasteiger partial charge in [-0.05, 0) is 96.3 Å². The van der Waals surface area contributed by atoms with Crippen molar-refractivity contribution in [2.45, 2.75) is 290 Å². The van der Waals surface area contributed by atoms with Gasteiger partial charge in [0.1, 0.15) is 13.2 Å². The van der Waals surface area contributed by atoms with Crippen LogP contribution in [0.3, 0.4) is 0 Å². The second kappa shape index (κ2) is 54.7. The summed E-state index contributed by atoms with van der Waals surface area (Å²) in [5.74, 6) is -0.896. The quantitative estimate of drug-likeness (QED) is 0.0262. The zero-order valence-corrected chi connectivity index (χ0v) is 43.7. The maximum absolute atomic E-state index is 12.8. The molecule has 0 aromatic carbocycles. The van der Waals surface area contributed by atoms with Crippen molar-refractivity contribution in [2.75, 3.05) is 13.2 Å². The molecule has 0 N–H and O–H groups in total. The molecule has 0 radical (unpaired) electrons. The molecular formula is C60H106O6. The summed E-state index contributed by atoms with van der Waals surface area (Å²) in [7, 11) is 0. The highest BCUT2D eigenvalue weighted by molar-refractivity contribution is 5.71. The van der Waals surface area contributed by atoms with E-state index in [9.17, 15) is 14.4 Å². The molecule has 1 atom stereocenters. The Balaban J connectivity index is 4.31. The molecule has 0 heterocycles. The van der Waals surface area contributed by atoms with Crippen LogP contribution in [0.4, 0.5) is 0 Å². The lowest BCUT2D eigenvalue weighted by Crippen LogP contribution is -2.30. The summed E-state index contributed by atoms with van der Waals surface area (Å²) in [4.78, 5) is 38.1. The number of allylic oxidation sites excluding steroid dienone is 10. The fourth-order valence-electron chi connectivity index (χ4n) is 7.96. The van der Waals surface area contributed by atoms with Gasteiger partial charge in [0.2, 0.25) is 0 Å². The summed E-state index contributed by atoms with van der Waals surface area (Å²) in [6.45, 7) is 6.49. The molecule has 382 valence electrons. The minimum absolute atomic E-state index is 0.0816. The molecule has 0 aliphatic carbocycles. The minimum atomic E-state index is -0.782. The maximum Gasteiger partial charge on any atom is 0.306 e. The zero-order chi connectivity index (χ0) is 47.9. The SMILES string of the molecule is CC/C=C\C/C=C\C/C=C\CCCCCCCCCCCC(=O)OCC(COC(=O)CCCCCC/C=C\CCCC)OC(=O)CCCCCCCCC/C=C\CCCCCCCCCC. The van der Waals surface area contributed by atoms with Crippen LogP contribution in [0, 0.1) is 0 Å². The molecule has 0 bridgehead atoms. The largest absolute Gasteiger partial charge is 0.462 e. The van der Waals surface area contributed by atoms with Crippen LogP contribution in [-0.2, 0) is 28.6 Å². The number of carbonyl (C=O) groups excluding carboxylic acids is 3. The van der Waals surface area contributed by atoms with Crippen molar-refractivity contribution in [1.82, 2.24) is 0 Å². The first-order valence-corrected chi connectivity index (χ1v) is 28.3. The molecule has 66 heavy (non-hydrogen) atoms. The molecule has 1 unspecified atom stereocenters. The average molecular weight is 924 g/mol. The zero-order valence-electron chi connectivity index (χ0n) is 43.7. The van der Waals surface area contributed by atoms with Gasteiger partial charge in [0.25, 0.3) is 0 Å². The van der Waals surface area contributed by atoms with Gasteiger partial charge < -0.3 is 14.2 Å². The summed E-state index contributed by atoms with van der Waals surface area (Å²) in [5, 5.41) is 0. The van der Waals surface area contributed by atoms with E-state index in [0.717, 1.165) is 96.3 Å². The lowest BCUT2D eigenvalue weighted by Gasteiger charge is -2.18. The highest BCUT2D eigenvalue weighted by Crippen LogP contribution is 2.15. The number of rotatable bonds is 51. The van der Waals surface area contributed by atoms with Crippen molar-refractivity contribution < 1.29 is 28.6 Å². The molecule has 6 nitrogen and oxygen atoms in total. The molecule has 0 saturated heterocycles. The molecule has 0 aliphatic rings. The molecule has 0 aliphatic heterocycles. The third-order valence-electron chi connectivity index (χ3n) is 12.2. The molecule has 0 rings (SSSR count). The van der Waals surface area contributed by atoms with Gasteiger partial charge in [-0.1, -0.05) is 229 Å². The molecule has 0 aromatic heterocycles. The van der Waals surface area contributed by atoms with Gasteiger partial charge >= 0.3 is 17.9 Å². The normalized spacial score (nSPS) is 12.5. The van der Waals surface area contributed by atoms with Crippen LogP contribution >= 0.6 is 0 Å². The summed E-state index contributed by atoms with van der Waals surface area (Å²) < 4.78 is 16.8. The van der Waals surface area contributed by atoms with E-state index in [0.29, 0.717) is 19.3 Å². The van der Waals surface area contributed by atoms with E-state index in [2.05, 4.69) is 81.5 Å². The number of ether oxygens (including phenoxy) is 3. The Hall–Kier alpha value is -2.89. The Morgan fingerprint density at radius 3 is 0.985 bits per heavy atom. The molecule has 0 aromatic rings. The molecule has 6 heteroatoms. The van der Waals surface area contributed by atoms with Crippen LogP contribution in [0.5, 0.6) is 0 Å². The van der Waals surface area contributed by atoms with E-state index in [1.54, 1.807) is 0 Å². The number of hydrogen-bond donors (Lipinski definition) is 0. The summed E-state index contributed by atoms with van der Waals surface area (Å²) in [6.07, 6.45) is 67.9. The second-order valence-corrected chi connectivity index (χ2v) is 18.8. The van der Waals surface area contributed by atoms with E-state index in [1.165, 1.54) is 148 Å². The summed E-state index contributed by atoms with van der Waals surface area (Å²) in [6, 6.07) is 0. The second-order valence-electron chi connectivity index (χ2n) is 18.8. The average Bonchev–Trinajstić information content (AvgIpc) is 3.31. The standard InChI is InChI=1S/C60H106O6/c1-4-7-10-13-16-19-22-24-26-28-30-32-34-36-38-41-44-47-50-53-59(62)65-56-57(55-64-58(61)52-49-46-43-40-21-18-15-12-9-6-3)66-60(63)54-51-48-45-42-39-37-35-33-31-29-27-25-23-20-17-14-11-8-5-2/h7,10,15-16,18-19,24,26,29,31,57H,4-6,8-9,11-14,17,20-23,25,27-28,30,32-56H2,1-3H3/b10-7-,18-15-,19-16-,26-24-,31-29-. The predicted molar refractivity (Wildman–Crippen MR) is 284 cm³/mol. The smallest absolute Gasteiger partial charge is 0.306 e. The number of hydrogen-bond acceptors (Lipinski definition) is 6. The van der Waals surface area contributed by atoms with Crippen molar-refractivity contribution in [2.24, 2.45) is 0 Å². The number of unbranched alkanes of at least 4 members (excludes halogenated alkanes) is 30. The fraction of sp³-hybridized carbons (Fsp3) is 0.783. The minimum Gasteiger partial charge on any atom is -0.462 e. The van der Waals surface area contributed by atoms with Gasteiger partial charge in [0.05, 0.1) is 0 Å². The van der Waals surface area contributed by atoms with Crippen LogP contribution in [0.1, 0.15) is 284 Å². The molecule has 0 spiro atoms. The van der Waals surface area contributed by atoms with Crippen molar-refractivity contribution in [3.63, 3.8) is 0 Å². The Morgan fingerprint density at radius 2 is 0.606 bits per heavy atom. The van der Waals surface area contributed by atoms with Crippen LogP contribution in [0.25, 0.3) is 0 Å². The summed E-state index contributed by atoms with van der Waals surface area (Å²) in [5.41, 5.74) is 0. The van der Waals surface area contributed by atoms with Crippen LogP contribution in [0.15, 0.2) is 60.8 Å². The monoisotopic (exact) mass is 923 g/mol. The van der Waals surface area contributed by atoms with Gasteiger partial charge in [0, 0.05) is 19.3 Å². The maximum atomic E-state index is 12.8. The van der Waals surface area contributed by atoms with Crippen molar-refractivity contribution >= 4 is 17.9 Å². The van der Waals surface area contributed by atoms with E-state index in [-0.39, 0.29) is 31.1 Å². The van der Waals surface area contributed by atoms with Crippen LogP contribution < -0.4 is 0 Å². The Labute approximate surface area is 409 Å². The van der Waals surface area contributed by atoms with Gasteiger partial charge in [-0.15, -0.1) is 0 Å². The lowest BCUT2D eigenvalue weighted by atomic mass is 10.1.